The molecule has 0 bridgehead atoms. The van der Waals surface area contributed by atoms with E-state index in [4.69, 9.17) is 5.10 Å². The molecule has 3 heteroatoms. The number of nitrogens with zero attached hydrogens (tertiary/aromatic N) is 3. The fourth-order valence-corrected chi connectivity index (χ4v) is 4.56. The molecular formula is C25H25N3. The van der Waals surface area contributed by atoms with E-state index in [-0.39, 0.29) is 0 Å². The van der Waals surface area contributed by atoms with Crippen LogP contribution in [0.15, 0.2) is 54.6 Å². The number of rotatable bonds is 2. The lowest BCUT2D eigenvalue weighted by Crippen LogP contribution is -2.08. The normalized spacial score (nSPS) is 12.7. The number of fused-ring (bicyclic) bond motifs is 3. The molecule has 3 nitrogen and oxygen atoms in total. The summed E-state index contributed by atoms with van der Waals surface area (Å²) in [6, 6.07) is 20.0. The Morgan fingerprint density at radius 2 is 1.54 bits per heavy atom. The number of benzene rings is 2. The summed E-state index contributed by atoms with van der Waals surface area (Å²) in [5.41, 5.74) is 12.7. The van der Waals surface area contributed by atoms with E-state index in [2.05, 4.69) is 91.7 Å². The van der Waals surface area contributed by atoms with Crippen LogP contribution in [-0.4, -0.2) is 14.3 Å². The number of aromatic nitrogens is 3. The Kier molecular flexibility index (Phi) is 3.80. The topological polar surface area (TPSA) is 22.8 Å². The Labute approximate surface area is 166 Å². The highest BCUT2D eigenvalue weighted by Crippen LogP contribution is 2.39. The minimum Gasteiger partial charge on any atom is -0.318 e. The van der Waals surface area contributed by atoms with Gasteiger partial charge in [-0.15, -0.1) is 0 Å². The molecule has 0 spiro atoms. The van der Waals surface area contributed by atoms with Crippen molar-refractivity contribution in [1.82, 2.24) is 14.3 Å². The van der Waals surface area contributed by atoms with Crippen LogP contribution in [0.4, 0.5) is 0 Å². The Morgan fingerprint density at radius 3 is 2.25 bits per heavy atom. The fourth-order valence-electron chi connectivity index (χ4n) is 4.56. The molecule has 2 aromatic heterocycles. The average Bonchev–Trinajstić information content (AvgIpc) is 3.21. The van der Waals surface area contributed by atoms with Gasteiger partial charge in [0.2, 0.25) is 0 Å². The quantitative estimate of drug-likeness (QED) is 0.454. The molecule has 28 heavy (non-hydrogen) atoms. The molecule has 0 saturated heterocycles. The molecule has 2 heterocycles. The monoisotopic (exact) mass is 367 g/mol. The largest absolute Gasteiger partial charge is 0.318 e. The first kappa shape index (κ1) is 17.1. The van der Waals surface area contributed by atoms with Crippen LogP contribution in [0.5, 0.6) is 0 Å². The van der Waals surface area contributed by atoms with E-state index in [1.807, 2.05) is 0 Å². The fraction of sp³-hybridized carbons (Fsp3) is 0.240. The molecule has 140 valence electrons. The first-order valence-corrected chi connectivity index (χ1v) is 9.94. The third-order valence-electron chi connectivity index (χ3n) is 5.99. The molecule has 0 fully saturated rings. The molecule has 0 saturated carbocycles. The molecule has 0 atom stereocenters. The van der Waals surface area contributed by atoms with E-state index in [1.54, 1.807) is 0 Å². The highest BCUT2D eigenvalue weighted by Gasteiger charge is 2.25. The maximum atomic E-state index is 4.93. The molecule has 2 aromatic carbocycles. The van der Waals surface area contributed by atoms with Gasteiger partial charge in [0.1, 0.15) is 0 Å². The van der Waals surface area contributed by atoms with Crippen LogP contribution in [0, 0.1) is 20.8 Å². The van der Waals surface area contributed by atoms with Gasteiger partial charge in [0.05, 0.1) is 11.4 Å². The summed E-state index contributed by atoms with van der Waals surface area (Å²) < 4.78 is 4.40. The zero-order valence-electron chi connectivity index (χ0n) is 17.0. The second kappa shape index (κ2) is 6.23. The summed E-state index contributed by atoms with van der Waals surface area (Å²) in [6.07, 6.45) is 2.11. The molecule has 0 N–H and O–H groups in total. The predicted molar refractivity (Wildman–Crippen MR) is 115 cm³/mol. The van der Waals surface area contributed by atoms with Crippen molar-refractivity contribution in [1.29, 1.82) is 0 Å². The highest BCUT2D eigenvalue weighted by molar-refractivity contribution is 5.79. The zero-order chi connectivity index (χ0) is 19.4. The van der Waals surface area contributed by atoms with Crippen molar-refractivity contribution in [3.63, 3.8) is 0 Å². The van der Waals surface area contributed by atoms with Gasteiger partial charge in [-0.1, -0.05) is 35.9 Å². The van der Waals surface area contributed by atoms with Crippen molar-refractivity contribution in [3.05, 3.63) is 82.7 Å². The minimum absolute atomic E-state index is 1.04. The van der Waals surface area contributed by atoms with E-state index < -0.39 is 0 Å². The van der Waals surface area contributed by atoms with E-state index in [0.29, 0.717) is 0 Å². The molecule has 0 unspecified atom stereocenters. The Bertz CT molecular complexity index is 1170. The van der Waals surface area contributed by atoms with Crippen LogP contribution in [0.3, 0.4) is 0 Å². The maximum absolute atomic E-state index is 4.93. The first-order valence-electron chi connectivity index (χ1n) is 9.94. The molecule has 0 amide bonds. The lowest BCUT2D eigenvalue weighted by atomic mass is 9.87. The van der Waals surface area contributed by atoms with Crippen molar-refractivity contribution < 1.29 is 0 Å². The van der Waals surface area contributed by atoms with E-state index in [9.17, 15) is 0 Å². The zero-order valence-corrected chi connectivity index (χ0v) is 17.0. The molecule has 4 aromatic rings. The van der Waals surface area contributed by atoms with Gasteiger partial charge in [-0.3, -0.25) is 4.68 Å². The first-order chi connectivity index (χ1) is 13.5. The average molecular weight is 367 g/mol. The third-order valence-corrected chi connectivity index (χ3v) is 5.99. The van der Waals surface area contributed by atoms with Crippen molar-refractivity contribution in [2.75, 3.05) is 0 Å². The SMILES string of the molecule is Cc1ccc(-c2nn(C)c3c2CCc2ccc(-n4c(C)ccc4C)cc2-3)cc1. The predicted octanol–water partition coefficient (Wildman–Crippen LogP) is 5.57. The van der Waals surface area contributed by atoms with Crippen LogP contribution < -0.4 is 0 Å². The second-order valence-corrected chi connectivity index (χ2v) is 7.96. The van der Waals surface area contributed by atoms with Crippen LogP contribution in [0.25, 0.3) is 28.2 Å². The second-order valence-electron chi connectivity index (χ2n) is 7.96. The van der Waals surface area contributed by atoms with Crippen LogP contribution in [0.1, 0.15) is 28.1 Å². The van der Waals surface area contributed by atoms with Gasteiger partial charge in [0, 0.05) is 40.8 Å². The van der Waals surface area contributed by atoms with Crippen LogP contribution in [0.2, 0.25) is 0 Å². The summed E-state index contributed by atoms with van der Waals surface area (Å²) in [4.78, 5) is 0. The maximum Gasteiger partial charge on any atom is 0.0961 e. The molecular weight excluding hydrogens is 342 g/mol. The van der Waals surface area contributed by atoms with Crippen LogP contribution in [-0.2, 0) is 19.9 Å². The number of hydrogen-bond donors (Lipinski definition) is 0. The lowest BCUT2D eigenvalue weighted by Gasteiger charge is -2.20. The van der Waals surface area contributed by atoms with Gasteiger partial charge < -0.3 is 4.57 Å². The summed E-state index contributed by atoms with van der Waals surface area (Å²) in [5, 5.41) is 4.93. The van der Waals surface area contributed by atoms with E-state index in [1.165, 1.54) is 50.6 Å². The Morgan fingerprint density at radius 1 is 0.821 bits per heavy atom. The van der Waals surface area contributed by atoms with Gasteiger partial charge in [-0.05, 0) is 63.4 Å². The van der Waals surface area contributed by atoms with Gasteiger partial charge in [-0.2, -0.15) is 5.10 Å². The van der Waals surface area contributed by atoms with Crippen molar-refractivity contribution >= 4 is 0 Å². The van der Waals surface area contributed by atoms with E-state index >= 15 is 0 Å². The summed E-state index contributed by atoms with van der Waals surface area (Å²) in [5.74, 6) is 0. The summed E-state index contributed by atoms with van der Waals surface area (Å²) in [7, 11) is 2.07. The van der Waals surface area contributed by atoms with Gasteiger partial charge in [0.15, 0.2) is 0 Å². The standard InChI is InChI=1S/C25H25N3/c1-16-5-9-20(10-6-16)24-22-14-12-19-11-13-21(28-17(2)7-8-18(28)3)15-23(19)25(22)27(4)26-24/h5-11,13,15H,12,14H2,1-4H3. The molecule has 5 rings (SSSR count). The Hall–Kier alpha value is -3.07. The number of aryl methyl sites for hydroxylation is 5. The highest BCUT2D eigenvalue weighted by atomic mass is 15.3. The lowest BCUT2D eigenvalue weighted by molar-refractivity contribution is 0.773. The van der Waals surface area contributed by atoms with Gasteiger partial charge >= 0.3 is 0 Å². The Balaban J connectivity index is 1.69. The molecule has 1 aliphatic carbocycles. The van der Waals surface area contributed by atoms with E-state index in [0.717, 1.165) is 18.5 Å². The van der Waals surface area contributed by atoms with Crippen molar-refractivity contribution in [3.8, 4) is 28.2 Å². The molecule has 0 radical (unpaired) electrons. The summed E-state index contributed by atoms with van der Waals surface area (Å²) in [6.45, 7) is 6.45. The van der Waals surface area contributed by atoms with Crippen LogP contribution >= 0.6 is 0 Å². The smallest absolute Gasteiger partial charge is 0.0961 e. The third kappa shape index (κ3) is 2.54. The molecule has 1 aliphatic rings. The summed E-state index contributed by atoms with van der Waals surface area (Å²) >= 11 is 0. The van der Waals surface area contributed by atoms with Gasteiger partial charge in [-0.25, -0.2) is 0 Å². The molecule has 0 aliphatic heterocycles. The van der Waals surface area contributed by atoms with Crippen molar-refractivity contribution in [2.24, 2.45) is 7.05 Å². The number of hydrogen-bond acceptors (Lipinski definition) is 1. The van der Waals surface area contributed by atoms with Gasteiger partial charge in [0.25, 0.3) is 0 Å². The van der Waals surface area contributed by atoms with Crippen molar-refractivity contribution in [2.45, 2.75) is 33.6 Å². The minimum atomic E-state index is 1.04.